The minimum atomic E-state index is -3.10. The van der Waals surface area contributed by atoms with Crippen LogP contribution in [0, 0.1) is 0 Å². The van der Waals surface area contributed by atoms with Crippen molar-refractivity contribution in [3.05, 3.63) is 29.3 Å². The van der Waals surface area contributed by atoms with E-state index in [2.05, 4.69) is 5.32 Å². The van der Waals surface area contributed by atoms with Crippen molar-refractivity contribution in [2.24, 2.45) is 5.73 Å². The first-order valence-corrected chi connectivity index (χ1v) is 5.19. The lowest BCUT2D eigenvalue weighted by atomic mass is 10.3. The molecule has 0 saturated carbocycles. The molecule has 0 unspecified atom stereocenters. The van der Waals surface area contributed by atoms with Gasteiger partial charge < -0.3 is 16.4 Å². The number of nitrogens with two attached hydrogens (primary N) is 1. The van der Waals surface area contributed by atoms with E-state index in [1.54, 1.807) is 24.3 Å². The first-order chi connectivity index (χ1) is 7.93. The maximum Gasteiger partial charge on any atom is 0.319 e. The predicted octanol–water partition coefficient (Wildman–Crippen LogP) is 2.06. The molecule has 0 aliphatic heterocycles. The lowest BCUT2D eigenvalue weighted by molar-refractivity contribution is 0.0148. The topological polar surface area (TPSA) is 67.1 Å². The first kappa shape index (κ1) is 13.7. The summed E-state index contributed by atoms with van der Waals surface area (Å²) in [4.78, 5) is 11.2. The molecule has 0 spiro atoms. The number of carbonyl (C=O) groups excluding carboxylic acids is 1. The van der Waals surface area contributed by atoms with Gasteiger partial charge in [-0.05, 0) is 24.3 Å². The van der Waals surface area contributed by atoms with Crippen LogP contribution in [0.2, 0.25) is 5.02 Å². The molecule has 1 aromatic carbocycles. The van der Waals surface area contributed by atoms with Crippen molar-refractivity contribution < 1.29 is 13.6 Å². The summed E-state index contributed by atoms with van der Waals surface area (Å²) in [6, 6.07) is 5.55. The molecule has 0 aliphatic rings. The van der Waals surface area contributed by atoms with Crippen LogP contribution in [0.3, 0.4) is 0 Å². The summed E-state index contributed by atoms with van der Waals surface area (Å²) in [6.07, 6.45) is 0. The summed E-state index contributed by atoms with van der Waals surface area (Å²) in [5.74, 6) is -3.10. The molecule has 1 rings (SSSR count). The van der Waals surface area contributed by atoms with Gasteiger partial charge in [0, 0.05) is 10.7 Å². The molecule has 4 nitrogen and oxygen atoms in total. The van der Waals surface area contributed by atoms with E-state index in [0.717, 1.165) is 0 Å². The third kappa shape index (κ3) is 4.97. The number of urea groups is 1. The van der Waals surface area contributed by atoms with Crippen molar-refractivity contribution in [3.63, 3.8) is 0 Å². The molecule has 0 atom stereocenters. The van der Waals surface area contributed by atoms with E-state index in [0.29, 0.717) is 10.7 Å². The number of alkyl halides is 2. The first-order valence-electron chi connectivity index (χ1n) is 4.81. The highest BCUT2D eigenvalue weighted by atomic mass is 35.5. The van der Waals surface area contributed by atoms with Crippen LogP contribution < -0.4 is 16.4 Å². The Balaban J connectivity index is 2.42. The van der Waals surface area contributed by atoms with Gasteiger partial charge in [-0.3, -0.25) is 0 Å². The van der Waals surface area contributed by atoms with E-state index in [4.69, 9.17) is 17.3 Å². The number of rotatable bonds is 4. The quantitative estimate of drug-likeness (QED) is 0.778. The Morgan fingerprint density at radius 3 is 2.47 bits per heavy atom. The maximum atomic E-state index is 12.7. The zero-order valence-electron chi connectivity index (χ0n) is 8.84. The SMILES string of the molecule is NCC(F)(F)CNC(=O)Nc1ccc(Cl)cc1. The zero-order chi connectivity index (χ0) is 12.9. The summed E-state index contributed by atoms with van der Waals surface area (Å²) in [5.41, 5.74) is 5.29. The molecule has 0 radical (unpaired) electrons. The van der Waals surface area contributed by atoms with Crippen molar-refractivity contribution >= 4 is 23.3 Å². The molecule has 94 valence electrons. The van der Waals surface area contributed by atoms with Crippen LogP contribution in [-0.2, 0) is 0 Å². The van der Waals surface area contributed by atoms with Gasteiger partial charge in [0.05, 0.1) is 13.1 Å². The highest BCUT2D eigenvalue weighted by Gasteiger charge is 2.27. The van der Waals surface area contributed by atoms with Gasteiger partial charge in [0.2, 0.25) is 0 Å². The molecule has 0 fully saturated rings. The van der Waals surface area contributed by atoms with E-state index >= 15 is 0 Å². The van der Waals surface area contributed by atoms with Crippen LogP contribution in [0.5, 0.6) is 0 Å². The van der Waals surface area contributed by atoms with Gasteiger partial charge in [0.15, 0.2) is 0 Å². The van der Waals surface area contributed by atoms with Crippen LogP contribution >= 0.6 is 11.6 Å². The molecule has 7 heteroatoms. The number of anilines is 1. The summed E-state index contributed by atoms with van der Waals surface area (Å²) >= 11 is 5.65. The summed E-state index contributed by atoms with van der Waals surface area (Å²) < 4.78 is 25.4. The van der Waals surface area contributed by atoms with E-state index in [1.807, 2.05) is 5.32 Å². The highest BCUT2D eigenvalue weighted by Crippen LogP contribution is 2.13. The van der Waals surface area contributed by atoms with Crippen molar-refractivity contribution in [2.45, 2.75) is 5.92 Å². The Bertz CT molecular complexity index is 384. The smallest absolute Gasteiger partial charge is 0.319 e. The van der Waals surface area contributed by atoms with Gasteiger partial charge in [-0.2, -0.15) is 0 Å². The number of nitrogens with one attached hydrogen (secondary N) is 2. The van der Waals surface area contributed by atoms with Crippen LogP contribution in [0.15, 0.2) is 24.3 Å². The van der Waals surface area contributed by atoms with Crippen LogP contribution in [0.4, 0.5) is 19.3 Å². The molecule has 2 amide bonds. The standard InChI is InChI=1S/C10H12ClF2N3O/c11-7-1-3-8(4-2-7)16-9(17)15-6-10(12,13)5-14/h1-4H,5-6,14H2,(H2,15,16,17). The molecule has 0 saturated heterocycles. The van der Waals surface area contributed by atoms with E-state index < -0.39 is 25.0 Å². The summed E-state index contributed by atoms with van der Waals surface area (Å²) in [6.45, 7) is -1.61. The molecule has 0 aliphatic carbocycles. The number of halogens is 3. The van der Waals surface area contributed by atoms with Crippen molar-refractivity contribution in [2.75, 3.05) is 18.4 Å². The van der Waals surface area contributed by atoms with Gasteiger partial charge in [-0.25, -0.2) is 13.6 Å². The second-order valence-electron chi connectivity index (χ2n) is 3.37. The Kier molecular flexibility index (Phi) is 4.65. The zero-order valence-corrected chi connectivity index (χ0v) is 9.60. The fraction of sp³-hybridized carbons (Fsp3) is 0.300. The van der Waals surface area contributed by atoms with E-state index in [1.165, 1.54) is 0 Å². The van der Waals surface area contributed by atoms with Crippen LogP contribution in [-0.4, -0.2) is 25.0 Å². The second kappa shape index (κ2) is 5.79. The second-order valence-corrected chi connectivity index (χ2v) is 3.81. The maximum absolute atomic E-state index is 12.7. The Morgan fingerprint density at radius 2 is 1.94 bits per heavy atom. The van der Waals surface area contributed by atoms with Crippen LogP contribution in [0.25, 0.3) is 0 Å². The monoisotopic (exact) mass is 263 g/mol. The molecular weight excluding hydrogens is 252 g/mol. The lowest BCUT2D eigenvalue weighted by Crippen LogP contribution is -2.43. The number of hydrogen-bond donors (Lipinski definition) is 3. The van der Waals surface area contributed by atoms with Crippen molar-refractivity contribution in [1.29, 1.82) is 0 Å². The molecule has 1 aromatic rings. The van der Waals surface area contributed by atoms with Crippen LogP contribution in [0.1, 0.15) is 0 Å². The Hall–Kier alpha value is -1.40. The third-order valence-electron chi connectivity index (χ3n) is 1.91. The van der Waals surface area contributed by atoms with Crippen molar-refractivity contribution in [1.82, 2.24) is 5.32 Å². The number of amides is 2. The Labute approximate surface area is 102 Å². The number of benzene rings is 1. The fourth-order valence-corrected chi connectivity index (χ4v) is 1.12. The number of carbonyl (C=O) groups is 1. The molecule has 0 bridgehead atoms. The number of hydrogen-bond acceptors (Lipinski definition) is 2. The molecule has 4 N–H and O–H groups in total. The average molecular weight is 264 g/mol. The summed E-state index contributed by atoms with van der Waals surface area (Å²) in [5, 5.41) is 4.93. The average Bonchev–Trinajstić information content (AvgIpc) is 2.30. The lowest BCUT2D eigenvalue weighted by Gasteiger charge is -2.14. The Morgan fingerprint density at radius 1 is 1.35 bits per heavy atom. The van der Waals surface area contributed by atoms with Gasteiger partial charge in [-0.1, -0.05) is 11.6 Å². The summed E-state index contributed by atoms with van der Waals surface area (Å²) in [7, 11) is 0. The predicted molar refractivity (Wildman–Crippen MR) is 62.5 cm³/mol. The third-order valence-corrected chi connectivity index (χ3v) is 2.16. The molecular formula is C10H12ClF2N3O. The highest BCUT2D eigenvalue weighted by molar-refractivity contribution is 6.30. The largest absolute Gasteiger partial charge is 0.332 e. The molecule has 17 heavy (non-hydrogen) atoms. The molecule has 0 aromatic heterocycles. The minimum Gasteiger partial charge on any atom is -0.332 e. The van der Waals surface area contributed by atoms with Gasteiger partial charge in [0.25, 0.3) is 5.92 Å². The van der Waals surface area contributed by atoms with E-state index in [-0.39, 0.29) is 0 Å². The van der Waals surface area contributed by atoms with Gasteiger partial charge in [-0.15, -0.1) is 0 Å². The normalized spacial score (nSPS) is 11.1. The fourth-order valence-electron chi connectivity index (χ4n) is 0.990. The molecule has 0 heterocycles. The minimum absolute atomic E-state index is 0.461. The van der Waals surface area contributed by atoms with Crippen molar-refractivity contribution in [3.8, 4) is 0 Å². The van der Waals surface area contributed by atoms with Gasteiger partial charge in [0.1, 0.15) is 0 Å². The van der Waals surface area contributed by atoms with E-state index in [9.17, 15) is 13.6 Å². The van der Waals surface area contributed by atoms with Gasteiger partial charge >= 0.3 is 6.03 Å².